The molecule has 0 aromatic carbocycles. The Morgan fingerprint density at radius 3 is 2.42 bits per heavy atom. The van der Waals surface area contributed by atoms with Gasteiger partial charge in [-0.25, -0.2) is 19.6 Å². The van der Waals surface area contributed by atoms with Crippen LogP contribution in [0.1, 0.15) is 21.7 Å². The molecule has 1 amide bonds. The molecule has 0 saturated heterocycles. The van der Waals surface area contributed by atoms with Crippen LogP contribution in [0, 0.1) is 13.8 Å². The Kier molecular flexibility index (Phi) is 4.19. The van der Waals surface area contributed by atoms with Crippen molar-refractivity contribution >= 4 is 11.6 Å². The number of carbonyl (C=O) groups is 1. The number of nitrogens with zero attached hydrogens (tertiary/aromatic N) is 5. The van der Waals surface area contributed by atoms with Crippen molar-refractivity contribution in [2.45, 2.75) is 13.8 Å². The number of carbonyl (C=O) groups excluding carboxylic acids is 1. The highest BCUT2D eigenvalue weighted by atomic mass is 16.5. The highest BCUT2D eigenvalue weighted by Crippen LogP contribution is 2.12. The standard InChI is InChI=1S/C16H16N6O2/c1-10-6-11(2)22(21-10)16-18-8-13(9-19-16)20-15(23)12-4-5-14(24-3)17-7-12/h4-9H,1-3H3,(H,20,23). The molecule has 0 bridgehead atoms. The van der Waals surface area contributed by atoms with E-state index in [4.69, 9.17) is 4.74 Å². The summed E-state index contributed by atoms with van der Waals surface area (Å²) in [6.07, 6.45) is 4.51. The van der Waals surface area contributed by atoms with Crippen LogP contribution in [-0.4, -0.2) is 37.7 Å². The van der Waals surface area contributed by atoms with Gasteiger partial charge in [-0.1, -0.05) is 0 Å². The number of methoxy groups -OCH3 is 1. The lowest BCUT2D eigenvalue weighted by atomic mass is 10.2. The topological polar surface area (TPSA) is 94.8 Å². The van der Waals surface area contributed by atoms with Crippen molar-refractivity contribution in [2.24, 2.45) is 0 Å². The average Bonchev–Trinajstić information content (AvgIpc) is 2.94. The molecule has 8 nitrogen and oxygen atoms in total. The Hall–Kier alpha value is -3.29. The molecule has 0 fully saturated rings. The lowest BCUT2D eigenvalue weighted by Crippen LogP contribution is -2.13. The first kappa shape index (κ1) is 15.6. The fraction of sp³-hybridized carbons (Fsp3) is 0.188. The van der Waals surface area contributed by atoms with E-state index in [-0.39, 0.29) is 5.91 Å². The molecular formula is C16H16N6O2. The Balaban J connectivity index is 1.73. The molecule has 0 unspecified atom stereocenters. The zero-order valence-electron chi connectivity index (χ0n) is 13.5. The molecule has 1 N–H and O–H groups in total. The van der Waals surface area contributed by atoms with Crippen molar-refractivity contribution in [3.05, 3.63) is 53.7 Å². The van der Waals surface area contributed by atoms with E-state index in [1.165, 1.54) is 25.7 Å². The number of anilines is 1. The maximum atomic E-state index is 12.2. The summed E-state index contributed by atoms with van der Waals surface area (Å²) >= 11 is 0. The van der Waals surface area contributed by atoms with Gasteiger partial charge in [0.05, 0.1) is 36.4 Å². The zero-order valence-corrected chi connectivity index (χ0v) is 13.5. The van der Waals surface area contributed by atoms with Crippen LogP contribution in [0.25, 0.3) is 5.95 Å². The molecular weight excluding hydrogens is 308 g/mol. The maximum absolute atomic E-state index is 12.2. The third-order valence-corrected chi connectivity index (χ3v) is 3.30. The van der Waals surface area contributed by atoms with E-state index in [1.807, 2.05) is 19.9 Å². The van der Waals surface area contributed by atoms with Gasteiger partial charge in [-0.3, -0.25) is 4.79 Å². The van der Waals surface area contributed by atoms with Crippen molar-refractivity contribution in [1.29, 1.82) is 0 Å². The molecule has 0 aliphatic carbocycles. The van der Waals surface area contributed by atoms with Crippen LogP contribution in [-0.2, 0) is 0 Å². The van der Waals surface area contributed by atoms with Gasteiger partial charge in [-0.15, -0.1) is 0 Å². The van der Waals surface area contributed by atoms with Gasteiger partial charge < -0.3 is 10.1 Å². The average molecular weight is 324 g/mol. The SMILES string of the molecule is COc1ccc(C(=O)Nc2cnc(-n3nc(C)cc3C)nc2)cn1. The van der Waals surface area contributed by atoms with Crippen LogP contribution in [0.3, 0.4) is 0 Å². The van der Waals surface area contributed by atoms with E-state index in [0.717, 1.165) is 11.4 Å². The Labute approximate surface area is 138 Å². The van der Waals surface area contributed by atoms with Crippen LogP contribution >= 0.6 is 0 Å². The second kappa shape index (κ2) is 6.45. The summed E-state index contributed by atoms with van der Waals surface area (Å²) in [5.41, 5.74) is 2.73. The zero-order chi connectivity index (χ0) is 17.1. The molecule has 3 aromatic heterocycles. The first-order valence-electron chi connectivity index (χ1n) is 7.24. The number of amides is 1. The minimum Gasteiger partial charge on any atom is -0.481 e. The molecule has 0 radical (unpaired) electrons. The van der Waals surface area contributed by atoms with Crippen LogP contribution in [0.15, 0.2) is 36.8 Å². The Morgan fingerprint density at radius 2 is 1.88 bits per heavy atom. The number of pyridine rings is 1. The van der Waals surface area contributed by atoms with Gasteiger partial charge in [0.25, 0.3) is 11.9 Å². The van der Waals surface area contributed by atoms with Crippen molar-refractivity contribution in [2.75, 3.05) is 12.4 Å². The van der Waals surface area contributed by atoms with Crippen molar-refractivity contribution in [3.8, 4) is 11.8 Å². The molecule has 0 aliphatic heterocycles. The van der Waals surface area contributed by atoms with E-state index >= 15 is 0 Å². The summed E-state index contributed by atoms with van der Waals surface area (Å²) in [5.74, 6) is 0.599. The van der Waals surface area contributed by atoms with E-state index in [2.05, 4.69) is 25.4 Å². The van der Waals surface area contributed by atoms with Crippen molar-refractivity contribution in [1.82, 2.24) is 24.7 Å². The van der Waals surface area contributed by atoms with Gasteiger partial charge in [-0.2, -0.15) is 5.10 Å². The molecule has 3 rings (SSSR count). The number of aryl methyl sites for hydroxylation is 2. The summed E-state index contributed by atoms with van der Waals surface area (Å²) in [5, 5.41) is 7.04. The number of rotatable bonds is 4. The van der Waals surface area contributed by atoms with Crippen LogP contribution in [0.5, 0.6) is 5.88 Å². The largest absolute Gasteiger partial charge is 0.481 e. The quantitative estimate of drug-likeness (QED) is 0.788. The summed E-state index contributed by atoms with van der Waals surface area (Å²) in [6.45, 7) is 3.83. The summed E-state index contributed by atoms with van der Waals surface area (Å²) in [6, 6.07) is 5.19. The molecule has 122 valence electrons. The van der Waals surface area contributed by atoms with E-state index in [0.29, 0.717) is 23.1 Å². The number of aromatic nitrogens is 5. The predicted octanol–water partition coefficient (Wildman–Crippen LogP) is 1.94. The molecule has 0 atom stereocenters. The third-order valence-electron chi connectivity index (χ3n) is 3.30. The van der Waals surface area contributed by atoms with E-state index in [1.54, 1.807) is 16.8 Å². The number of nitrogens with one attached hydrogen (secondary N) is 1. The third kappa shape index (κ3) is 3.22. The minimum absolute atomic E-state index is 0.299. The smallest absolute Gasteiger partial charge is 0.257 e. The molecule has 0 spiro atoms. The highest BCUT2D eigenvalue weighted by molar-refractivity contribution is 6.03. The van der Waals surface area contributed by atoms with Gasteiger partial charge in [0, 0.05) is 18.0 Å². The first-order valence-corrected chi connectivity index (χ1v) is 7.24. The number of hydrogen-bond donors (Lipinski definition) is 1. The second-order valence-corrected chi connectivity index (χ2v) is 5.15. The number of hydrogen-bond acceptors (Lipinski definition) is 6. The van der Waals surface area contributed by atoms with Crippen molar-refractivity contribution < 1.29 is 9.53 Å². The maximum Gasteiger partial charge on any atom is 0.257 e. The normalized spacial score (nSPS) is 10.5. The van der Waals surface area contributed by atoms with Crippen molar-refractivity contribution in [3.63, 3.8) is 0 Å². The fourth-order valence-electron chi connectivity index (χ4n) is 2.17. The van der Waals surface area contributed by atoms with E-state index in [9.17, 15) is 4.79 Å². The first-order chi connectivity index (χ1) is 11.6. The molecule has 3 heterocycles. The monoisotopic (exact) mass is 324 g/mol. The van der Waals surface area contributed by atoms with Crippen LogP contribution in [0.4, 0.5) is 5.69 Å². The van der Waals surface area contributed by atoms with Crippen LogP contribution in [0.2, 0.25) is 0 Å². The Bertz CT molecular complexity index is 855. The minimum atomic E-state index is -0.299. The summed E-state index contributed by atoms with van der Waals surface area (Å²) in [4.78, 5) is 24.6. The van der Waals surface area contributed by atoms with Gasteiger partial charge >= 0.3 is 0 Å². The molecule has 8 heteroatoms. The van der Waals surface area contributed by atoms with Gasteiger partial charge in [-0.05, 0) is 26.0 Å². The summed E-state index contributed by atoms with van der Waals surface area (Å²) in [7, 11) is 1.52. The van der Waals surface area contributed by atoms with Gasteiger partial charge in [0.1, 0.15) is 0 Å². The van der Waals surface area contributed by atoms with Gasteiger partial charge in [0.15, 0.2) is 0 Å². The second-order valence-electron chi connectivity index (χ2n) is 5.15. The lowest BCUT2D eigenvalue weighted by Gasteiger charge is -2.06. The lowest BCUT2D eigenvalue weighted by molar-refractivity contribution is 0.102. The molecule has 0 aliphatic rings. The number of ether oxygens (including phenoxy) is 1. The predicted molar refractivity (Wildman–Crippen MR) is 87.4 cm³/mol. The molecule has 24 heavy (non-hydrogen) atoms. The fourth-order valence-corrected chi connectivity index (χ4v) is 2.17. The highest BCUT2D eigenvalue weighted by Gasteiger charge is 2.09. The molecule has 0 saturated carbocycles. The van der Waals surface area contributed by atoms with E-state index < -0.39 is 0 Å². The van der Waals surface area contributed by atoms with Crippen LogP contribution < -0.4 is 10.1 Å². The summed E-state index contributed by atoms with van der Waals surface area (Å²) < 4.78 is 6.61. The Morgan fingerprint density at radius 1 is 1.12 bits per heavy atom. The molecule has 3 aromatic rings. The van der Waals surface area contributed by atoms with Gasteiger partial charge in [0.2, 0.25) is 5.88 Å².